The summed E-state index contributed by atoms with van der Waals surface area (Å²) in [5, 5.41) is 5.77. The predicted octanol–water partition coefficient (Wildman–Crippen LogP) is 1.46. The molecule has 2 fully saturated rings. The zero-order valence-corrected chi connectivity index (χ0v) is 16.5. The van der Waals surface area contributed by atoms with Gasteiger partial charge in [-0.3, -0.25) is 19.3 Å². The third kappa shape index (κ3) is 5.55. The molecule has 1 aromatic carbocycles. The lowest BCUT2D eigenvalue weighted by Gasteiger charge is -2.37. The zero-order chi connectivity index (χ0) is 19.9. The van der Waals surface area contributed by atoms with Crippen molar-refractivity contribution in [3.8, 4) is 0 Å². The summed E-state index contributed by atoms with van der Waals surface area (Å²) in [4.78, 5) is 40.7. The molecule has 152 valence electrons. The van der Waals surface area contributed by atoms with Gasteiger partial charge in [-0.15, -0.1) is 0 Å². The minimum absolute atomic E-state index is 0.0236. The van der Waals surface area contributed by atoms with Gasteiger partial charge in [0.05, 0.1) is 6.54 Å². The Morgan fingerprint density at radius 2 is 1.68 bits per heavy atom. The molecule has 0 aromatic heterocycles. The highest BCUT2D eigenvalue weighted by Crippen LogP contribution is 2.28. The summed E-state index contributed by atoms with van der Waals surface area (Å²) >= 11 is 0. The SMILES string of the molecule is CC(=O)NC(C(=O)N1CCN(CC(=O)Nc2ccccc2)CC1)C1CCCC1. The molecule has 0 bridgehead atoms. The number of hydrogen-bond donors (Lipinski definition) is 2. The predicted molar refractivity (Wildman–Crippen MR) is 108 cm³/mol. The van der Waals surface area contributed by atoms with Crippen LogP contribution in [0.2, 0.25) is 0 Å². The van der Waals surface area contributed by atoms with E-state index in [0.717, 1.165) is 31.4 Å². The van der Waals surface area contributed by atoms with E-state index in [1.165, 1.54) is 6.92 Å². The molecule has 7 heteroatoms. The maximum Gasteiger partial charge on any atom is 0.245 e. The van der Waals surface area contributed by atoms with E-state index in [4.69, 9.17) is 0 Å². The Labute approximate surface area is 166 Å². The number of anilines is 1. The minimum Gasteiger partial charge on any atom is -0.344 e. The highest BCUT2D eigenvalue weighted by molar-refractivity contribution is 5.92. The summed E-state index contributed by atoms with van der Waals surface area (Å²) in [6.07, 6.45) is 4.24. The summed E-state index contributed by atoms with van der Waals surface area (Å²) in [5.41, 5.74) is 0.788. The first kappa shape index (κ1) is 20.3. The zero-order valence-electron chi connectivity index (χ0n) is 16.5. The lowest BCUT2D eigenvalue weighted by atomic mass is 9.96. The molecule has 1 aliphatic carbocycles. The van der Waals surface area contributed by atoms with Crippen LogP contribution in [0.5, 0.6) is 0 Å². The number of amides is 3. The fourth-order valence-electron chi connectivity index (χ4n) is 4.14. The average molecular weight is 386 g/mol. The lowest BCUT2D eigenvalue weighted by Crippen LogP contribution is -2.57. The van der Waals surface area contributed by atoms with Gasteiger partial charge in [0, 0.05) is 38.8 Å². The monoisotopic (exact) mass is 386 g/mol. The smallest absolute Gasteiger partial charge is 0.245 e. The quantitative estimate of drug-likeness (QED) is 0.776. The molecule has 1 heterocycles. The number of rotatable bonds is 6. The summed E-state index contributed by atoms with van der Waals surface area (Å²) < 4.78 is 0. The number of carbonyl (C=O) groups is 3. The second-order valence-corrected chi connectivity index (χ2v) is 7.74. The van der Waals surface area contributed by atoms with Crippen molar-refractivity contribution < 1.29 is 14.4 Å². The third-order valence-corrected chi connectivity index (χ3v) is 5.60. The van der Waals surface area contributed by atoms with Gasteiger partial charge in [-0.25, -0.2) is 0 Å². The molecule has 0 spiro atoms. The number of benzene rings is 1. The molecule has 2 N–H and O–H groups in total. The molecule has 1 aliphatic heterocycles. The van der Waals surface area contributed by atoms with Gasteiger partial charge < -0.3 is 15.5 Å². The van der Waals surface area contributed by atoms with Crippen molar-refractivity contribution in [3.63, 3.8) is 0 Å². The molecule has 1 aromatic rings. The van der Waals surface area contributed by atoms with Crippen LogP contribution in [0, 0.1) is 5.92 Å². The molecular formula is C21H30N4O3. The molecule has 7 nitrogen and oxygen atoms in total. The van der Waals surface area contributed by atoms with Crippen LogP contribution in [0.25, 0.3) is 0 Å². The van der Waals surface area contributed by atoms with Crippen molar-refractivity contribution in [1.29, 1.82) is 0 Å². The molecule has 28 heavy (non-hydrogen) atoms. The van der Waals surface area contributed by atoms with Gasteiger partial charge in [-0.2, -0.15) is 0 Å². The summed E-state index contributed by atoms with van der Waals surface area (Å²) in [6, 6.07) is 8.99. The van der Waals surface area contributed by atoms with Crippen LogP contribution in [0.3, 0.4) is 0 Å². The van der Waals surface area contributed by atoms with Crippen molar-refractivity contribution in [2.75, 3.05) is 38.0 Å². The third-order valence-electron chi connectivity index (χ3n) is 5.60. The van der Waals surface area contributed by atoms with Crippen molar-refractivity contribution in [2.45, 2.75) is 38.6 Å². The van der Waals surface area contributed by atoms with Crippen LogP contribution in [-0.2, 0) is 14.4 Å². The number of para-hydroxylation sites is 1. The summed E-state index contributed by atoms with van der Waals surface area (Å²) in [5.74, 6) is 0.0658. The van der Waals surface area contributed by atoms with Gasteiger partial charge in [-0.05, 0) is 30.9 Å². The fourth-order valence-corrected chi connectivity index (χ4v) is 4.14. The second-order valence-electron chi connectivity index (χ2n) is 7.74. The van der Waals surface area contributed by atoms with Gasteiger partial charge >= 0.3 is 0 Å². The van der Waals surface area contributed by atoms with E-state index in [1.807, 2.05) is 35.2 Å². The van der Waals surface area contributed by atoms with Gasteiger partial charge in [-0.1, -0.05) is 31.0 Å². The van der Waals surface area contributed by atoms with Crippen LogP contribution in [0.15, 0.2) is 30.3 Å². The Balaban J connectivity index is 1.48. The number of nitrogens with zero attached hydrogens (tertiary/aromatic N) is 2. The van der Waals surface area contributed by atoms with Crippen molar-refractivity contribution >= 4 is 23.4 Å². The Morgan fingerprint density at radius 1 is 1.04 bits per heavy atom. The molecule has 0 radical (unpaired) electrons. The first-order chi connectivity index (χ1) is 13.5. The molecule has 3 amide bonds. The van der Waals surface area contributed by atoms with E-state index in [9.17, 15) is 14.4 Å². The van der Waals surface area contributed by atoms with Crippen LogP contribution in [-0.4, -0.2) is 66.3 Å². The van der Waals surface area contributed by atoms with Crippen molar-refractivity contribution in [3.05, 3.63) is 30.3 Å². The standard InChI is InChI=1S/C21H30N4O3/c1-16(26)22-20(17-7-5-6-8-17)21(28)25-13-11-24(12-14-25)15-19(27)23-18-9-3-2-4-10-18/h2-4,9-10,17,20H,5-8,11-15H2,1H3,(H,22,26)(H,23,27). The van der Waals surface area contributed by atoms with E-state index >= 15 is 0 Å². The first-order valence-electron chi connectivity index (χ1n) is 10.2. The number of nitrogens with one attached hydrogen (secondary N) is 2. The maximum atomic E-state index is 13.0. The van der Waals surface area contributed by atoms with Gasteiger partial charge in [0.2, 0.25) is 17.7 Å². The van der Waals surface area contributed by atoms with E-state index in [2.05, 4.69) is 15.5 Å². The summed E-state index contributed by atoms with van der Waals surface area (Å²) in [6.45, 7) is 4.27. The fraction of sp³-hybridized carbons (Fsp3) is 0.571. The average Bonchev–Trinajstić information content (AvgIpc) is 3.21. The summed E-state index contributed by atoms with van der Waals surface area (Å²) in [7, 11) is 0. The van der Waals surface area contributed by atoms with E-state index in [0.29, 0.717) is 32.7 Å². The number of hydrogen-bond acceptors (Lipinski definition) is 4. The number of piperazine rings is 1. The van der Waals surface area contributed by atoms with E-state index in [-0.39, 0.29) is 23.6 Å². The van der Waals surface area contributed by atoms with Crippen LogP contribution < -0.4 is 10.6 Å². The Hall–Kier alpha value is -2.41. The number of carbonyl (C=O) groups excluding carboxylic acids is 3. The molecule has 2 aliphatic rings. The molecule has 1 atom stereocenters. The van der Waals surface area contributed by atoms with E-state index < -0.39 is 6.04 Å². The van der Waals surface area contributed by atoms with Crippen molar-refractivity contribution in [1.82, 2.24) is 15.1 Å². The maximum absolute atomic E-state index is 13.0. The highest BCUT2D eigenvalue weighted by atomic mass is 16.2. The van der Waals surface area contributed by atoms with Crippen LogP contribution in [0.4, 0.5) is 5.69 Å². The Bertz CT molecular complexity index is 680. The van der Waals surface area contributed by atoms with Gasteiger partial charge in [0.15, 0.2) is 0 Å². The second kappa shape index (κ2) is 9.68. The van der Waals surface area contributed by atoms with Crippen LogP contribution >= 0.6 is 0 Å². The first-order valence-corrected chi connectivity index (χ1v) is 10.2. The minimum atomic E-state index is -0.409. The van der Waals surface area contributed by atoms with E-state index in [1.54, 1.807) is 0 Å². The largest absolute Gasteiger partial charge is 0.344 e. The van der Waals surface area contributed by atoms with Crippen LogP contribution in [0.1, 0.15) is 32.6 Å². The molecule has 1 saturated heterocycles. The van der Waals surface area contributed by atoms with Gasteiger partial charge in [0.25, 0.3) is 0 Å². The van der Waals surface area contributed by atoms with Gasteiger partial charge in [0.1, 0.15) is 6.04 Å². The molecular weight excluding hydrogens is 356 g/mol. The lowest BCUT2D eigenvalue weighted by molar-refractivity contribution is -0.139. The normalized spacial score (nSPS) is 19.2. The van der Waals surface area contributed by atoms with Crippen molar-refractivity contribution in [2.24, 2.45) is 5.92 Å². The highest BCUT2D eigenvalue weighted by Gasteiger charge is 2.35. The Morgan fingerprint density at radius 3 is 2.29 bits per heavy atom. The topological polar surface area (TPSA) is 81.8 Å². The molecule has 1 unspecified atom stereocenters. The Kier molecular flexibility index (Phi) is 7.03. The molecule has 3 rings (SSSR count). The molecule has 1 saturated carbocycles.